The van der Waals surface area contributed by atoms with Gasteiger partial charge in [0.05, 0.1) is 37.2 Å². The Labute approximate surface area is 200 Å². The summed E-state index contributed by atoms with van der Waals surface area (Å²) in [6.07, 6.45) is 0. The average Bonchev–Trinajstić information content (AvgIpc) is 3.22. The van der Waals surface area contributed by atoms with Gasteiger partial charge in [-0.15, -0.1) is 0 Å². The number of para-hydroxylation sites is 1. The van der Waals surface area contributed by atoms with Crippen LogP contribution in [-0.4, -0.2) is 48.7 Å². The molecule has 35 heavy (non-hydrogen) atoms. The number of benzene rings is 2. The minimum absolute atomic E-state index is 0.0395. The van der Waals surface area contributed by atoms with E-state index in [1.54, 1.807) is 38.1 Å². The maximum Gasteiger partial charge on any atom is 0.338 e. The minimum atomic E-state index is -2.15. The summed E-state index contributed by atoms with van der Waals surface area (Å²) in [4.78, 5) is 51.2. The van der Waals surface area contributed by atoms with Gasteiger partial charge in [0.25, 0.3) is 5.69 Å². The van der Waals surface area contributed by atoms with Crippen LogP contribution in [0.2, 0.25) is 0 Å². The molecule has 1 saturated heterocycles. The summed E-state index contributed by atoms with van der Waals surface area (Å²) < 4.78 is 21.6. The fourth-order valence-corrected chi connectivity index (χ4v) is 4.89. The Hall–Kier alpha value is -3.99. The van der Waals surface area contributed by atoms with Crippen LogP contribution in [0.1, 0.15) is 36.9 Å². The second kappa shape index (κ2) is 9.34. The second-order valence-electron chi connectivity index (χ2n) is 8.02. The third-order valence-electron chi connectivity index (χ3n) is 6.26. The quantitative estimate of drug-likeness (QED) is 0.205. The number of ether oxygens (including phenoxy) is 4. The highest BCUT2D eigenvalue weighted by atomic mass is 16.6. The van der Waals surface area contributed by atoms with E-state index in [0.717, 1.165) is 0 Å². The predicted molar refractivity (Wildman–Crippen MR) is 120 cm³/mol. The van der Waals surface area contributed by atoms with Gasteiger partial charge in [0.1, 0.15) is 11.5 Å². The van der Waals surface area contributed by atoms with Crippen molar-refractivity contribution >= 4 is 23.6 Å². The summed E-state index contributed by atoms with van der Waals surface area (Å²) in [5, 5.41) is 14.4. The number of fused-ring (bicyclic) bond motifs is 3. The van der Waals surface area contributed by atoms with E-state index in [9.17, 15) is 24.5 Å². The Morgan fingerprint density at radius 2 is 1.74 bits per heavy atom. The molecule has 0 aromatic heterocycles. The molecule has 3 atom stereocenters. The first-order chi connectivity index (χ1) is 16.8. The van der Waals surface area contributed by atoms with Crippen LogP contribution in [0.3, 0.4) is 0 Å². The summed E-state index contributed by atoms with van der Waals surface area (Å²) in [5.74, 6) is -4.47. The van der Waals surface area contributed by atoms with Crippen LogP contribution in [0, 0.1) is 16.0 Å². The summed E-state index contributed by atoms with van der Waals surface area (Å²) in [6.45, 7) is 3.10. The van der Waals surface area contributed by atoms with Gasteiger partial charge in [0.15, 0.2) is 0 Å². The van der Waals surface area contributed by atoms with Crippen molar-refractivity contribution in [1.82, 2.24) is 5.32 Å². The zero-order valence-electron chi connectivity index (χ0n) is 19.3. The Morgan fingerprint density at radius 1 is 1.09 bits per heavy atom. The molecule has 0 unspecified atom stereocenters. The van der Waals surface area contributed by atoms with Crippen molar-refractivity contribution in [1.29, 1.82) is 0 Å². The zero-order chi connectivity index (χ0) is 25.3. The molecule has 1 N–H and O–H groups in total. The van der Waals surface area contributed by atoms with Gasteiger partial charge in [-0.2, -0.15) is 0 Å². The molecule has 11 nitrogen and oxygen atoms in total. The van der Waals surface area contributed by atoms with Crippen molar-refractivity contribution in [3.8, 4) is 11.5 Å². The van der Waals surface area contributed by atoms with E-state index < -0.39 is 46.2 Å². The normalized spacial score (nSPS) is 21.8. The van der Waals surface area contributed by atoms with Gasteiger partial charge < -0.3 is 18.9 Å². The van der Waals surface area contributed by atoms with Gasteiger partial charge in [0, 0.05) is 29.2 Å². The first-order valence-corrected chi connectivity index (χ1v) is 11.0. The maximum atomic E-state index is 13.5. The van der Waals surface area contributed by atoms with E-state index in [-0.39, 0.29) is 30.2 Å². The Morgan fingerprint density at radius 3 is 2.34 bits per heavy atom. The third-order valence-corrected chi connectivity index (χ3v) is 6.26. The SMILES string of the molecule is CCOC(=O)C1(C(=O)OCC)N[C@H]2c3cc([N+](=O)[O-])ccc3OC(=O)[C@H]2[C@@H]1c1ccccc1OC. The molecule has 0 amide bonds. The first kappa shape index (κ1) is 24.1. The number of nitrogens with zero attached hydrogens (tertiary/aromatic N) is 1. The molecular formula is C24H24N2O9. The number of methoxy groups -OCH3 is 1. The van der Waals surface area contributed by atoms with E-state index in [1.165, 1.54) is 25.3 Å². The van der Waals surface area contributed by atoms with Crippen molar-refractivity contribution < 1.29 is 38.3 Å². The van der Waals surface area contributed by atoms with Crippen molar-refractivity contribution in [2.24, 2.45) is 5.92 Å². The van der Waals surface area contributed by atoms with Crippen LogP contribution >= 0.6 is 0 Å². The number of non-ortho nitro benzene ring substituents is 1. The van der Waals surface area contributed by atoms with Crippen LogP contribution in [-0.2, 0) is 23.9 Å². The van der Waals surface area contributed by atoms with Crippen molar-refractivity contribution in [2.45, 2.75) is 31.3 Å². The number of carbonyl (C=O) groups excluding carboxylic acids is 3. The van der Waals surface area contributed by atoms with E-state index in [0.29, 0.717) is 11.3 Å². The molecule has 0 aliphatic carbocycles. The van der Waals surface area contributed by atoms with E-state index in [1.807, 2.05) is 0 Å². The number of nitro benzene ring substituents is 1. The van der Waals surface area contributed by atoms with Crippen LogP contribution < -0.4 is 14.8 Å². The lowest BCUT2D eigenvalue weighted by molar-refractivity contribution is -0.385. The Bertz CT molecular complexity index is 1180. The molecule has 2 aromatic rings. The van der Waals surface area contributed by atoms with Gasteiger partial charge in [-0.1, -0.05) is 18.2 Å². The van der Waals surface area contributed by atoms with E-state index in [2.05, 4.69) is 5.32 Å². The van der Waals surface area contributed by atoms with Crippen LogP contribution in [0.15, 0.2) is 42.5 Å². The molecule has 4 rings (SSSR count). The molecule has 0 spiro atoms. The number of hydrogen-bond donors (Lipinski definition) is 1. The summed E-state index contributed by atoms with van der Waals surface area (Å²) in [7, 11) is 1.42. The summed E-state index contributed by atoms with van der Waals surface area (Å²) in [6, 6.07) is 9.45. The largest absolute Gasteiger partial charge is 0.496 e. The summed E-state index contributed by atoms with van der Waals surface area (Å²) in [5.41, 5.74) is -1.75. The first-order valence-electron chi connectivity index (χ1n) is 11.0. The van der Waals surface area contributed by atoms with Crippen molar-refractivity contribution in [3.63, 3.8) is 0 Å². The Kier molecular flexibility index (Phi) is 6.44. The van der Waals surface area contributed by atoms with E-state index >= 15 is 0 Å². The summed E-state index contributed by atoms with van der Waals surface area (Å²) >= 11 is 0. The number of esters is 3. The molecule has 1 fully saturated rings. The fourth-order valence-electron chi connectivity index (χ4n) is 4.89. The topological polar surface area (TPSA) is 143 Å². The highest BCUT2D eigenvalue weighted by Crippen LogP contribution is 2.55. The monoisotopic (exact) mass is 484 g/mol. The number of rotatable bonds is 7. The van der Waals surface area contributed by atoms with Gasteiger partial charge >= 0.3 is 17.9 Å². The van der Waals surface area contributed by atoms with E-state index in [4.69, 9.17) is 18.9 Å². The standard InChI is InChI=1S/C24H24N2O9/c1-4-33-22(28)24(23(29)34-5-2)19(14-8-6-7-9-16(14)32-3)18-20(25-24)15-12-13(26(30)31)10-11-17(15)35-21(18)27/h6-12,18-20,25H,4-5H2,1-3H3/t18-,19-,20-/m0/s1. The third kappa shape index (κ3) is 3.77. The fraction of sp³-hybridized carbons (Fsp3) is 0.375. The zero-order valence-corrected chi connectivity index (χ0v) is 19.3. The molecule has 2 aliphatic heterocycles. The van der Waals surface area contributed by atoms with Crippen LogP contribution in [0.4, 0.5) is 5.69 Å². The number of carbonyl (C=O) groups is 3. The van der Waals surface area contributed by atoms with Gasteiger partial charge in [0.2, 0.25) is 5.54 Å². The lowest BCUT2D eigenvalue weighted by Gasteiger charge is -2.33. The molecule has 2 aromatic carbocycles. The molecule has 184 valence electrons. The lowest BCUT2D eigenvalue weighted by Crippen LogP contribution is -2.59. The van der Waals surface area contributed by atoms with Gasteiger partial charge in [-0.05, 0) is 26.0 Å². The molecular weight excluding hydrogens is 460 g/mol. The molecule has 0 saturated carbocycles. The number of nitro groups is 1. The molecule has 11 heteroatoms. The number of nitrogens with one attached hydrogen (secondary N) is 1. The molecule has 2 heterocycles. The second-order valence-corrected chi connectivity index (χ2v) is 8.02. The van der Waals surface area contributed by atoms with Crippen LogP contribution in [0.25, 0.3) is 0 Å². The van der Waals surface area contributed by atoms with Crippen molar-refractivity contribution in [3.05, 3.63) is 63.7 Å². The lowest BCUT2D eigenvalue weighted by atomic mass is 9.72. The minimum Gasteiger partial charge on any atom is -0.496 e. The number of hydrogen-bond acceptors (Lipinski definition) is 10. The molecule has 2 aliphatic rings. The average molecular weight is 484 g/mol. The van der Waals surface area contributed by atoms with Gasteiger partial charge in [-0.3, -0.25) is 20.2 Å². The smallest absolute Gasteiger partial charge is 0.338 e. The van der Waals surface area contributed by atoms with Crippen LogP contribution in [0.5, 0.6) is 11.5 Å². The maximum absolute atomic E-state index is 13.5. The Balaban J connectivity index is 2.01. The van der Waals surface area contributed by atoms with Gasteiger partial charge in [-0.25, -0.2) is 9.59 Å². The molecule has 0 radical (unpaired) electrons. The molecule has 0 bridgehead atoms. The van der Waals surface area contributed by atoms with Crippen molar-refractivity contribution in [2.75, 3.05) is 20.3 Å². The highest BCUT2D eigenvalue weighted by Gasteiger charge is 2.69. The predicted octanol–water partition coefficient (Wildman–Crippen LogP) is 2.43. The highest BCUT2D eigenvalue weighted by molar-refractivity contribution is 6.08.